The van der Waals surface area contributed by atoms with Gasteiger partial charge in [0.1, 0.15) is 16.5 Å². The van der Waals surface area contributed by atoms with E-state index in [0.717, 1.165) is 31.1 Å². The van der Waals surface area contributed by atoms with E-state index in [0.29, 0.717) is 22.0 Å². The lowest BCUT2D eigenvalue weighted by Gasteiger charge is -2.30. The van der Waals surface area contributed by atoms with Gasteiger partial charge in [-0.25, -0.2) is 14.4 Å². The Kier molecular flexibility index (Phi) is 7.33. The summed E-state index contributed by atoms with van der Waals surface area (Å²) in [6, 6.07) is 23.7. The third-order valence-corrected chi connectivity index (χ3v) is 11.2. The van der Waals surface area contributed by atoms with Crippen molar-refractivity contribution in [2.75, 3.05) is 5.73 Å². The number of benzene rings is 3. The van der Waals surface area contributed by atoms with Gasteiger partial charge in [-0.2, -0.15) is 0 Å². The maximum absolute atomic E-state index is 13.3. The molecule has 0 fully saturated rings. The molecule has 0 saturated carbocycles. The monoisotopic (exact) mass is 671 g/mol. The predicted octanol–water partition coefficient (Wildman–Crippen LogP) is 9.35. The minimum absolute atomic E-state index is 0.180. The second-order valence-corrected chi connectivity index (χ2v) is 13.9. The van der Waals surface area contributed by atoms with Gasteiger partial charge < -0.3 is 5.73 Å². The minimum atomic E-state index is -0.237. The molecule has 0 aliphatic carbocycles. The van der Waals surface area contributed by atoms with Crippen LogP contribution in [-0.2, 0) is 12.2 Å². The van der Waals surface area contributed by atoms with Crippen LogP contribution in [0.5, 0.6) is 0 Å². The number of thioether (sulfide) groups is 2. The molecule has 186 valence electrons. The molecule has 2 N–H and O–H groups in total. The summed E-state index contributed by atoms with van der Waals surface area (Å²) in [6.07, 6.45) is 0.879. The Hall–Kier alpha value is -1.91. The lowest BCUT2D eigenvalue weighted by molar-refractivity contribution is 0.627. The van der Waals surface area contributed by atoms with Crippen molar-refractivity contribution in [1.82, 2.24) is 9.97 Å². The summed E-state index contributed by atoms with van der Waals surface area (Å²) in [5.41, 5.74) is 11.4. The summed E-state index contributed by atoms with van der Waals surface area (Å²) >= 11 is 12.4. The number of anilines is 1. The molecule has 1 aliphatic heterocycles. The average Bonchev–Trinajstić information content (AvgIpc) is 3.28. The number of hydrogen-bond donors (Lipinski definition) is 1. The van der Waals surface area contributed by atoms with Crippen LogP contribution in [0.15, 0.2) is 86.9 Å². The Morgan fingerprint density at radius 2 is 1.54 bits per heavy atom. The van der Waals surface area contributed by atoms with Gasteiger partial charge in [0, 0.05) is 24.8 Å². The molecule has 0 saturated heterocycles. The summed E-state index contributed by atoms with van der Waals surface area (Å²) in [7, 11) is 0. The number of hydrogen-bond acceptors (Lipinski definition) is 6. The first-order chi connectivity index (χ1) is 17.9. The van der Waals surface area contributed by atoms with Crippen LogP contribution in [-0.4, -0.2) is 9.97 Å². The lowest BCUT2D eigenvalue weighted by atomic mass is 9.98. The molecule has 3 aromatic carbocycles. The Morgan fingerprint density at radius 3 is 2.22 bits per heavy atom. The highest BCUT2D eigenvalue weighted by Gasteiger charge is 2.34. The van der Waals surface area contributed by atoms with E-state index in [-0.39, 0.29) is 11.1 Å². The van der Waals surface area contributed by atoms with Gasteiger partial charge >= 0.3 is 0 Å². The van der Waals surface area contributed by atoms with Gasteiger partial charge in [0.15, 0.2) is 5.16 Å². The second kappa shape index (κ2) is 10.7. The summed E-state index contributed by atoms with van der Waals surface area (Å²) in [5.74, 6) is 0.943. The van der Waals surface area contributed by atoms with Crippen molar-refractivity contribution in [3.8, 4) is 0 Å². The van der Waals surface area contributed by atoms with Crippen molar-refractivity contribution in [3.05, 3.63) is 115 Å². The lowest BCUT2D eigenvalue weighted by Crippen LogP contribution is -2.12. The van der Waals surface area contributed by atoms with E-state index in [2.05, 4.69) is 85.4 Å². The number of aromatic nitrogens is 2. The molecule has 0 amide bonds. The highest BCUT2D eigenvalue weighted by molar-refractivity contribution is 9.10. The van der Waals surface area contributed by atoms with E-state index in [4.69, 9.17) is 10.7 Å². The van der Waals surface area contributed by atoms with E-state index in [1.807, 2.05) is 11.8 Å². The SMILES string of the molecule is Nc1nc(SCc2ccc(F)cc2)nc2sc3c(c12)C[C@@H](c1ccc(Br)cc1)S[C@@H]3c1ccc(Br)cc1. The number of nitrogens with two attached hydrogens (primary N) is 1. The third kappa shape index (κ3) is 5.34. The molecule has 2 atom stereocenters. The first kappa shape index (κ1) is 25.4. The summed E-state index contributed by atoms with van der Waals surface area (Å²) in [4.78, 5) is 11.8. The van der Waals surface area contributed by atoms with E-state index in [9.17, 15) is 4.39 Å². The van der Waals surface area contributed by atoms with Crippen LogP contribution in [0.4, 0.5) is 10.2 Å². The predicted molar refractivity (Wildman–Crippen MR) is 162 cm³/mol. The van der Waals surface area contributed by atoms with Crippen molar-refractivity contribution in [1.29, 1.82) is 0 Å². The van der Waals surface area contributed by atoms with E-state index in [1.54, 1.807) is 23.5 Å². The van der Waals surface area contributed by atoms with Crippen LogP contribution >= 0.6 is 66.7 Å². The van der Waals surface area contributed by atoms with Crippen molar-refractivity contribution in [2.24, 2.45) is 0 Å². The molecule has 37 heavy (non-hydrogen) atoms. The fourth-order valence-electron chi connectivity index (χ4n) is 4.49. The zero-order valence-corrected chi connectivity index (χ0v) is 24.9. The van der Waals surface area contributed by atoms with Gasteiger partial charge in [-0.15, -0.1) is 23.1 Å². The minimum Gasteiger partial charge on any atom is -0.383 e. The normalized spacial score (nSPS) is 17.2. The van der Waals surface area contributed by atoms with Gasteiger partial charge in [-0.1, -0.05) is 80.0 Å². The van der Waals surface area contributed by atoms with Crippen molar-refractivity contribution < 1.29 is 4.39 Å². The highest BCUT2D eigenvalue weighted by Crippen LogP contribution is 2.56. The summed E-state index contributed by atoms with van der Waals surface area (Å²) < 4.78 is 15.4. The van der Waals surface area contributed by atoms with Crippen molar-refractivity contribution in [3.63, 3.8) is 0 Å². The number of halogens is 3. The maximum Gasteiger partial charge on any atom is 0.191 e. The number of fused-ring (bicyclic) bond motifs is 3. The summed E-state index contributed by atoms with van der Waals surface area (Å²) in [6.45, 7) is 0. The van der Waals surface area contributed by atoms with Crippen LogP contribution in [0, 0.1) is 5.82 Å². The molecule has 0 bridgehead atoms. The Balaban J connectivity index is 1.40. The molecule has 3 heterocycles. The maximum atomic E-state index is 13.3. The van der Waals surface area contributed by atoms with E-state index in [1.165, 1.54) is 45.5 Å². The van der Waals surface area contributed by atoms with Crippen LogP contribution in [0.2, 0.25) is 0 Å². The molecular formula is C28H20Br2FN3S3. The first-order valence-electron chi connectivity index (χ1n) is 11.6. The third-order valence-electron chi connectivity index (χ3n) is 6.31. The van der Waals surface area contributed by atoms with Crippen LogP contribution in [0.25, 0.3) is 10.2 Å². The number of thiophene rings is 1. The molecule has 0 unspecified atom stereocenters. The van der Waals surface area contributed by atoms with Gasteiger partial charge in [0.25, 0.3) is 0 Å². The molecule has 2 aromatic heterocycles. The van der Waals surface area contributed by atoms with Gasteiger partial charge in [0.2, 0.25) is 0 Å². The fourth-order valence-corrected chi connectivity index (χ4v) is 8.90. The molecular weight excluding hydrogens is 653 g/mol. The standard InChI is InChI=1S/C28H20Br2FN3S3/c29-18-7-3-16(4-8-18)22-13-21-23-26(32)33-28(35-14-15-1-11-20(31)12-2-15)34-27(23)37-25(21)24(36-22)17-5-9-19(30)10-6-17/h1-12,22,24H,13-14H2,(H2,32,33,34)/t22-,24+/m0/s1. The van der Waals surface area contributed by atoms with E-state index >= 15 is 0 Å². The number of rotatable bonds is 5. The first-order valence-corrected chi connectivity index (χ1v) is 15.9. The smallest absolute Gasteiger partial charge is 0.191 e. The number of nitrogen functional groups attached to an aromatic ring is 1. The van der Waals surface area contributed by atoms with Gasteiger partial charge in [0.05, 0.1) is 10.6 Å². The van der Waals surface area contributed by atoms with Gasteiger partial charge in [-0.3, -0.25) is 0 Å². The van der Waals surface area contributed by atoms with E-state index < -0.39 is 0 Å². The molecule has 0 spiro atoms. The molecule has 9 heteroatoms. The quantitative estimate of drug-likeness (QED) is 0.149. The molecule has 6 rings (SSSR count). The zero-order valence-electron chi connectivity index (χ0n) is 19.3. The molecule has 0 radical (unpaired) electrons. The van der Waals surface area contributed by atoms with Crippen molar-refractivity contribution >= 4 is 82.8 Å². The largest absolute Gasteiger partial charge is 0.383 e. The highest BCUT2D eigenvalue weighted by atomic mass is 79.9. The summed E-state index contributed by atoms with van der Waals surface area (Å²) in [5, 5.41) is 2.10. The van der Waals surface area contributed by atoms with Crippen LogP contribution in [0.1, 0.15) is 37.6 Å². The topological polar surface area (TPSA) is 51.8 Å². The molecule has 3 nitrogen and oxygen atoms in total. The Labute approximate surface area is 243 Å². The van der Waals surface area contributed by atoms with Gasteiger partial charge in [-0.05, 0) is 65.1 Å². The number of nitrogens with zero attached hydrogens (tertiary/aromatic N) is 2. The molecule has 5 aromatic rings. The average molecular weight is 673 g/mol. The second-order valence-electron chi connectivity index (χ2n) is 8.74. The van der Waals surface area contributed by atoms with Crippen LogP contribution in [0.3, 0.4) is 0 Å². The fraction of sp³-hybridized carbons (Fsp3) is 0.143. The molecule has 1 aliphatic rings. The van der Waals surface area contributed by atoms with Crippen LogP contribution < -0.4 is 5.73 Å². The Bertz CT molecular complexity index is 1570. The Morgan fingerprint density at radius 1 is 0.892 bits per heavy atom. The van der Waals surface area contributed by atoms with Crippen molar-refractivity contribution in [2.45, 2.75) is 27.8 Å². The zero-order chi connectivity index (χ0) is 25.5.